The fraction of sp³-hybridized carbons (Fsp3) is 0.538. The number of nitrogens with two attached hydrogens (primary N) is 1. The van der Waals surface area contributed by atoms with Crippen molar-refractivity contribution in [2.45, 2.75) is 25.8 Å². The molecule has 2 N–H and O–H groups in total. The average molecular weight is 255 g/mol. The third-order valence-electron chi connectivity index (χ3n) is 2.79. The average Bonchev–Trinajstić information content (AvgIpc) is 2.50. The summed E-state index contributed by atoms with van der Waals surface area (Å²) in [6, 6.07) is 1.29. The van der Waals surface area contributed by atoms with Gasteiger partial charge >= 0.3 is 0 Å². The Morgan fingerprint density at radius 2 is 2.00 bits per heavy atom. The maximum atomic E-state index is 14.0. The first-order chi connectivity index (χ1) is 8.45. The predicted octanol–water partition coefficient (Wildman–Crippen LogP) is 2.19. The van der Waals surface area contributed by atoms with Crippen LogP contribution in [0.15, 0.2) is 6.07 Å². The van der Waals surface area contributed by atoms with Gasteiger partial charge in [-0.15, -0.1) is 0 Å². The molecule has 0 atom stereocenters. The lowest BCUT2D eigenvalue weighted by atomic mass is 9.93. The molecule has 1 aromatic rings. The van der Waals surface area contributed by atoms with E-state index in [4.69, 9.17) is 19.9 Å². The van der Waals surface area contributed by atoms with Crippen molar-refractivity contribution in [3.63, 3.8) is 0 Å². The van der Waals surface area contributed by atoms with Crippen molar-refractivity contribution in [2.75, 3.05) is 20.3 Å². The van der Waals surface area contributed by atoms with Crippen LogP contribution in [0.3, 0.4) is 0 Å². The number of rotatable bonds is 2. The van der Waals surface area contributed by atoms with Crippen LogP contribution in [0.4, 0.5) is 4.39 Å². The summed E-state index contributed by atoms with van der Waals surface area (Å²) in [5, 5.41) is 0. The molecule has 0 bridgehead atoms. The van der Waals surface area contributed by atoms with Gasteiger partial charge in [0.2, 0.25) is 0 Å². The first-order valence-corrected chi connectivity index (χ1v) is 5.90. The molecule has 0 saturated heterocycles. The van der Waals surface area contributed by atoms with Gasteiger partial charge in [-0.1, -0.05) is 0 Å². The van der Waals surface area contributed by atoms with Crippen molar-refractivity contribution in [2.24, 2.45) is 5.73 Å². The number of benzene rings is 1. The summed E-state index contributed by atoms with van der Waals surface area (Å²) in [5.41, 5.74) is 5.81. The number of ether oxygens (including phenoxy) is 3. The van der Waals surface area contributed by atoms with E-state index in [1.807, 2.05) is 0 Å². The van der Waals surface area contributed by atoms with Crippen LogP contribution < -0.4 is 19.9 Å². The normalized spacial score (nSPS) is 15.2. The Hall–Kier alpha value is -1.49. The van der Waals surface area contributed by atoms with Gasteiger partial charge in [-0.2, -0.15) is 0 Å². The van der Waals surface area contributed by atoms with E-state index in [0.29, 0.717) is 30.3 Å². The SMILES string of the molecule is COc1c(F)cc2c(c1C(C)(C)N)OCCCO2. The Labute approximate surface area is 106 Å². The van der Waals surface area contributed by atoms with Crippen molar-refractivity contribution >= 4 is 0 Å². The molecule has 0 unspecified atom stereocenters. The Balaban J connectivity index is 2.69. The molecule has 0 radical (unpaired) electrons. The summed E-state index contributed by atoms with van der Waals surface area (Å²) in [6.45, 7) is 4.58. The van der Waals surface area contributed by atoms with Crippen LogP contribution in [-0.2, 0) is 5.54 Å². The van der Waals surface area contributed by atoms with Crippen LogP contribution >= 0.6 is 0 Å². The predicted molar refractivity (Wildman–Crippen MR) is 65.8 cm³/mol. The van der Waals surface area contributed by atoms with Gasteiger partial charge in [-0.3, -0.25) is 0 Å². The number of hydrogen-bond acceptors (Lipinski definition) is 4. The molecular formula is C13H18FNO3. The summed E-state index contributed by atoms with van der Waals surface area (Å²) in [6.07, 6.45) is 0.753. The Morgan fingerprint density at radius 3 is 2.61 bits per heavy atom. The lowest BCUT2D eigenvalue weighted by Crippen LogP contribution is -2.30. The second-order valence-electron chi connectivity index (χ2n) is 4.87. The molecule has 100 valence electrons. The summed E-state index contributed by atoms with van der Waals surface area (Å²) in [5.74, 6) is 0.500. The van der Waals surface area contributed by atoms with Gasteiger partial charge < -0.3 is 19.9 Å². The van der Waals surface area contributed by atoms with Gasteiger partial charge in [0, 0.05) is 18.0 Å². The van der Waals surface area contributed by atoms with E-state index in [2.05, 4.69) is 0 Å². The van der Waals surface area contributed by atoms with Crippen molar-refractivity contribution in [1.29, 1.82) is 0 Å². The summed E-state index contributed by atoms with van der Waals surface area (Å²) >= 11 is 0. The zero-order chi connectivity index (χ0) is 13.3. The van der Waals surface area contributed by atoms with E-state index in [-0.39, 0.29) is 5.75 Å². The molecule has 0 aliphatic carbocycles. The first kappa shape index (κ1) is 13.0. The molecule has 1 aromatic carbocycles. The lowest BCUT2D eigenvalue weighted by molar-refractivity contribution is 0.292. The second kappa shape index (κ2) is 4.65. The highest BCUT2D eigenvalue weighted by Crippen LogP contribution is 2.45. The van der Waals surface area contributed by atoms with Gasteiger partial charge in [-0.05, 0) is 13.8 Å². The zero-order valence-electron chi connectivity index (χ0n) is 10.9. The largest absolute Gasteiger partial charge is 0.493 e. The number of hydrogen-bond donors (Lipinski definition) is 1. The van der Waals surface area contributed by atoms with Crippen LogP contribution in [-0.4, -0.2) is 20.3 Å². The number of halogens is 1. The number of methoxy groups -OCH3 is 1. The minimum atomic E-state index is -0.786. The zero-order valence-corrected chi connectivity index (χ0v) is 10.9. The molecular weight excluding hydrogens is 237 g/mol. The molecule has 18 heavy (non-hydrogen) atoms. The quantitative estimate of drug-likeness (QED) is 0.880. The van der Waals surface area contributed by atoms with Crippen molar-refractivity contribution < 1.29 is 18.6 Å². The minimum Gasteiger partial charge on any atom is -0.493 e. The van der Waals surface area contributed by atoms with Gasteiger partial charge in [0.25, 0.3) is 0 Å². The monoisotopic (exact) mass is 255 g/mol. The molecule has 2 rings (SSSR count). The van der Waals surface area contributed by atoms with Gasteiger partial charge in [-0.25, -0.2) is 4.39 Å². The van der Waals surface area contributed by atoms with Crippen LogP contribution in [0.2, 0.25) is 0 Å². The maximum absolute atomic E-state index is 14.0. The van der Waals surface area contributed by atoms with Crippen molar-refractivity contribution in [3.8, 4) is 17.2 Å². The van der Waals surface area contributed by atoms with E-state index in [1.165, 1.54) is 13.2 Å². The van der Waals surface area contributed by atoms with Crippen molar-refractivity contribution in [3.05, 3.63) is 17.4 Å². The Bertz CT molecular complexity index is 455. The molecule has 0 amide bonds. The summed E-state index contributed by atoms with van der Waals surface area (Å²) in [4.78, 5) is 0. The third-order valence-corrected chi connectivity index (χ3v) is 2.79. The van der Waals surface area contributed by atoms with Crippen LogP contribution in [0.5, 0.6) is 17.2 Å². The Kier molecular flexibility index (Phi) is 3.34. The van der Waals surface area contributed by atoms with Gasteiger partial charge in [0.1, 0.15) is 0 Å². The van der Waals surface area contributed by atoms with Gasteiger partial charge in [0.15, 0.2) is 23.1 Å². The van der Waals surface area contributed by atoms with E-state index in [1.54, 1.807) is 13.8 Å². The van der Waals surface area contributed by atoms with Crippen LogP contribution in [0.1, 0.15) is 25.8 Å². The highest BCUT2D eigenvalue weighted by molar-refractivity contribution is 5.57. The molecule has 0 aromatic heterocycles. The van der Waals surface area contributed by atoms with E-state index < -0.39 is 11.4 Å². The maximum Gasteiger partial charge on any atom is 0.170 e. The first-order valence-electron chi connectivity index (χ1n) is 5.90. The van der Waals surface area contributed by atoms with E-state index in [0.717, 1.165) is 6.42 Å². The molecule has 1 aliphatic rings. The summed E-state index contributed by atoms with van der Waals surface area (Å²) < 4.78 is 30.2. The fourth-order valence-electron chi connectivity index (χ4n) is 2.04. The van der Waals surface area contributed by atoms with Crippen molar-refractivity contribution in [1.82, 2.24) is 0 Å². The summed E-state index contributed by atoms with van der Waals surface area (Å²) in [7, 11) is 1.41. The molecule has 0 spiro atoms. The molecule has 0 fully saturated rings. The van der Waals surface area contributed by atoms with E-state index in [9.17, 15) is 4.39 Å². The highest BCUT2D eigenvalue weighted by Gasteiger charge is 2.31. The Morgan fingerprint density at radius 1 is 1.33 bits per heavy atom. The minimum absolute atomic E-state index is 0.117. The van der Waals surface area contributed by atoms with Crippen LogP contribution in [0.25, 0.3) is 0 Å². The standard InChI is InChI=1S/C13H18FNO3/c1-13(2,15)10-11(16-3)8(14)7-9-12(10)18-6-4-5-17-9/h7H,4-6,15H2,1-3H3. The molecule has 1 heterocycles. The number of fused-ring (bicyclic) bond motifs is 1. The molecule has 0 saturated carbocycles. The highest BCUT2D eigenvalue weighted by atomic mass is 19.1. The molecule has 5 heteroatoms. The molecule has 1 aliphatic heterocycles. The smallest absolute Gasteiger partial charge is 0.170 e. The van der Waals surface area contributed by atoms with Crippen LogP contribution in [0, 0.1) is 5.82 Å². The third kappa shape index (κ3) is 2.22. The van der Waals surface area contributed by atoms with Gasteiger partial charge in [0.05, 0.1) is 25.9 Å². The lowest BCUT2D eigenvalue weighted by Gasteiger charge is -2.26. The topological polar surface area (TPSA) is 53.7 Å². The molecule has 4 nitrogen and oxygen atoms in total. The second-order valence-corrected chi connectivity index (χ2v) is 4.87. The fourth-order valence-corrected chi connectivity index (χ4v) is 2.04. The van der Waals surface area contributed by atoms with E-state index >= 15 is 0 Å².